The van der Waals surface area contributed by atoms with Crippen LogP contribution in [0, 0.1) is 0 Å². The van der Waals surface area contributed by atoms with E-state index < -0.39 is 47.9 Å². The molecule has 0 aromatic carbocycles. The van der Waals surface area contributed by atoms with Crippen LogP contribution in [0.1, 0.15) is 47.0 Å². The average Bonchev–Trinajstić information content (AvgIpc) is 2.52. The van der Waals surface area contributed by atoms with Crippen molar-refractivity contribution in [3.8, 4) is 0 Å². The summed E-state index contributed by atoms with van der Waals surface area (Å²) >= 11 is 0. The van der Waals surface area contributed by atoms with Gasteiger partial charge >= 0.3 is 5.97 Å². The zero-order valence-electron chi connectivity index (χ0n) is 15.3. The van der Waals surface area contributed by atoms with Crippen molar-refractivity contribution in [1.29, 1.82) is 0 Å². The Kier molecular flexibility index (Phi) is 10.1. The molecule has 0 saturated heterocycles. The number of aliphatic carboxylic acids is 1. The van der Waals surface area contributed by atoms with Crippen LogP contribution in [0.3, 0.4) is 0 Å². The first-order chi connectivity index (χ1) is 11.4. The van der Waals surface area contributed by atoms with E-state index in [9.17, 15) is 30.0 Å². The van der Waals surface area contributed by atoms with Crippen LogP contribution in [0.4, 0.5) is 0 Å². The number of carbonyl (C=O) groups is 2. The van der Waals surface area contributed by atoms with Crippen molar-refractivity contribution in [2.45, 2.75) is 83.0 Å². The molecule has 0 rings (SSSR count). The molecule has 0 aromatic heterocycles. The average molecular weight is 364 g/mol. The molecule has 0 aliphatic heterocycles. The molecule has 148 valence electrons. The van der Waals surface area contributed by atoms with Gasteiger partial charge in [0.25, 0.3) is 0 Å². The molecule has 9 heteroatoms. The smallest absolute Gasteiger partial charge is 0.320 e. The van der Waals surface area contributed by atoms with Gasteiger partial charge in [0.15, 0.2) is 0 Å². The highest BCUT2D eigenvalue weighted by atomic mass is 16.4. The molecule has 0 heterocycles. The highest BCUT2D eigenvalue weighted by Crippen LogP contribution is 2.08. The van der Waals surface area contributed by atoms with Gasteiger partial charge in [-0.3, -0.25) is 14.9 Å². The molecule has 25 heavy (non-hydrogen) atoms. The minimum absolute atomic E-state index is 0.0637. The van der Waals surface area contributed by atoms with Gasteiger partial charge in [0.1, 0.15) is 18.2 Å². The Hall–Kier alpha value is -1.26. The number of amides is 1. The molecule has 9 nitrogen and oxygen atoms in total. The first-order valence-corrected chi connectivity index (χ1v) is 8.38. The lowest BCUT2D eigenvalue weighted by atomic mass is 10.0. The quantitative estimate of drug-likeness (QED) is 0.235. The minimum Gasteiger partial charge on any atom is -0.480 e. The van der Waals surface area contributed by atoms with Crippen LogP contribution < -0.4 is 10.6 Å². The number of hydrogen-bond acceptors (Lipinski definition) is 7. The fourth-order valence-corrected chi connectivity index (χ4v) is 2.18. The second-order valence-electron chi connectivity index (χ2n) is 7.15. The normalized spacial score (nSPS) is 18.1. The van der Waals surface area contributed by atoms with Gasteiger partial charge in [-0.25, -0.2) is 0 Å². The van der Waals surface area contributed by atoms with Gasteiger partial charge in [0.2, 0.25) is 5.91 Å². The van der Waals surface area contributed by atoms with Crippen LogP contribution in [0.2, 0.25) is 0 Å². The highest BCUT2D eigenvalue weighted by molar-refractivity contribution is 5.78. The number of aliphatic hydroxyl groups excluding tert-OH is 4. The number of hydrogen-bond donors (Lipinski definition) is 7. The summed E-state index contributed by atoms with van der Waals surface area (Å²) in [6, 6.07) is -0.886. The lowest BCUT2D eigenvalue weighted by Gasteiger charge is -2.27. The fraction of sp³-hybridized carbons (Fsp3) is 0.875. The molecule has 7 N–H and O–H groups in total. The van der Waals surface area contributed by atoms with Gasteiger partial charge in [0.05, 0.1) is 12.2 Å². The largest absolute Gasteiger partial charge is 0.480 e. The summed E-state index contributed by atoms with van der Waals surface area (Å²) in [5.41, 5.74) is -0.421. The number of carboxylic acids is 1. The van der Waals surface area contributed by atoms with Gasteiger partial charge in [0, 0.05) is 18.5 Å². The maximum absolute atomic E-state index is 11.8. The van der Waals surface area contributed by atoms with Crippen LogP contribution >= 0.6 is 0 Å². The van der Waals surface area contributed by atoms with E-state index in [1.165, 1.54) is 0 Å². The molecule has 1 amide bonds. The summed E-state index contributed by atoms with van der Waals surface area (Å²) in [7, 11) is 0. The van der Waals surface area contributed by atoms with Crippen LogP contribution in [-0.2, 0) is 9.59 Å². The third-order valence-corrected chi connectivity index (χ3v) is 3.63. The van der Waals surface area contributed by atoms with Crippen molar-refractivity contribution >= 4 is 11.9 Å². The van der Waals surface area contributed by atoms with Crippen LogP contribution in [0.5, 0.6) is 0 Å². The SMILES string of the molecule is CCC(O)C(O)C(O)C(O)CNC(=O)CCC(NC(C)(C)C)C(=O)O. The molecule has 0 bridgehead atoms. The van der Waals surface area contributed by atoms with Gasteiger partial charge in [-0.1, -0.05) is 6.92 Å². The predicted molar refractivity (Wildman–Crippen MR) is 90.9 cm³/mol. The third-order valence-electron chi connectivity index (χ3n) is 3.63. The molecule has 0 fully saturated rings. The maximum Gasteiger partial charge on any atom is 0.320 e. The Bertz CT molecular complexity index is 425. The predicted octanol–water partition coefficient (Wildman–Crippen LogP) is -1.42. The van der Waals surface area contributed by atoms with Crippen molar-refractivity contribution in [3.63, 3.8) is 0 Å². The van der Waals surface area contributed by atoms with E-state index in [1.54, 1.807) is 6.92 Å². The van der Waals surface area contributed by atoms with Crippen molar-refractivity contribution in [2.75, 3.05) is 6.54 Å². The molecule has 0 spiro atoms. The molecular formula is C16H32N2O7. The van der Waals surface area contributed by atoms with Crippen molar-refractivity contribution in [2.24, 2.45) is 0 Å². The standard InChI is InChI=1S/C16H32N2O7/c1-5-10(19)13(22)14(23)11(20)8-17-12(21)7-6-9(15(24)25)18-16(2,3)4/h9-11,13-14,18-20,22-23H,5-8H2,1-4H3,(H,17,21)(H,24,25). The number of carboxylic acid groups (broad SMARTS) is 1. The topological polar surface area (TPSA) is 159 Å². The molecule has 0 aliphatic rings. The zero-order valence-corrected chi connectivity index (χ0v) is 15.3. The highest BCUT2D eigenvalue weighted by Gasteiger charge is 2.30. The van der Waals surface area contributed by atoms with Gasteiger partial charge < -0.3 is 30.8 Å². The summed E-state index contributed by atoms with van der Waals surface area (Å²) < 4.78 is 0. The Labute approximate surface area is 148 Å². The first kappa shape index (κ1) is 23.7. The Morgan fingerprint density at radius 3 is 1.96 bits per heavy atom. The van der Waals surface area contributed by atoms with Gasteiger partial charge in [-0.15, -0.1) is 0 Å². The first-order valence-electron chi connectivity index (χ1n) is 8.38. The molecular weight excluding hydrogens is 332 g/mol. The fourth-order valence-electron chi connectivity index (χ4n) is 2.18. The number of aliphatic hydroxyl groups is 4. The Morgan fingerprint density at radius 2 is 1.52 bits per heavy atom. The molecule has 5 atom stereocenters. The van der Waals surface area contributed by atoms with E-state index in [4.69, 9.17) is 5.11 Å². The van der Waals surface area contributed by atoms with Gasteiger partial charge in [-0.05, 0) is 33.6 Å². The van der Waals surface area contributed by atoms with E-state index >= 15 is 0 Å². The molecule has 0 saturated carbocycles. The zero-order chi connectivity index (χ0) is 19.8. The van der Waals surface area contributed by atoms with E-state index in [0.717, 1.165) is 0 Å². The number of nitrogens with one attached hydrogen (secondary N) is 2. The summed E-state index contributed by atoms with van der Waals surface area (Å²) in [6.07, 6.45) is -5.58. The Balaban J connectivity index is 4.35. The van der Waals surface area contributed by atoms with Crippen LogP contribution in [0.15, 0.2) is 0 Å². The number of rotatable bonds is 11. The molecule has 5 unspecified atom stereocenters. The Morgan fingerprint density at radius 1 is 1.00 bits per heavy atom. The van der Waals surface area contributed by atoms with E-state index in [0.29, 0.717) is 0 Å². The monoisotopic (exact) mass is 364 g/mol. The second kappa shape index (κ2) is 10.7. The van der Waals surface area contributed by atoms with Crippen LogP contribution in [-0.4, -0.2) is 80.0 Å². The minimum atomic E-state index is -1.61. The lowest BCUT2D eigenvalue weighted by Crippen LogP contribution is -2.49. The number of carbonyl (C=O) groups excluding carboxylic acids is 1. The van der Waals surface area contributed by atoms with Crippen LogP contribution in [0.25, 0.3) is 0 Å². The summed E-state index contributed by atoms with van der Waals surface area (Å²) in [5, 5.41) is 53.0. The molecule has 0 aromatic rings. The van der Waals surface area contributed by atoms with Crippen molar-refractivity contribution < 1.29 is 35.1 Å². The van der Waals surface area contributed by atoms with Crippen molar-refractivity contribution in [3.05, 3.63) is 0 Å². The van der Waals surface area contributed by atoms with Gasteiger partial charge in [-0.2, -0.15) is 0 Å². The van der Waals surface area contributed by atoms with E-state index in [-0.39, 0.29) is 25.8 Å². The van der Waals surface area contributed by atoms with Crippen molar-refractivity contribution in [1.82, 2.24) is 10.6 Å². The van der Waals surface area contributed by atoms with E-state index in [1.807, 2.05) is 20.8 Å². The third kappa shape index (κ3) is 9.71. The molecule has 0 radical (unpaired) electrons. The lowest BCUT2D eigenvalue weighted by molar-refractivity contribution is -0.140. The van der Waals surface area contributed by atoms with E-state index in [2.05, 4.69) is 10.6 Å². The summed E-state index contributed by atoms with van der Waals surface area (Å²) in [6.45, 7) is 6.74. The maximum atomic E-state index is 11.8. The summed E-state index contributed by atoms with van der Waals surface area (Å²) in [5.74, 6) is -1.55. The second-order valence-corrected chi connectivity index (χ2v) is 7.15. The summed E-state index contributed by atoms with van der Waals surface area (Å²) in [4.78, 5) is 23.0. The molecule has 0 aliphatic carbocycles.